The minimum Gasteiger partial charge on any atom is -0.379 e. The lowest BCUT2D eigenvalue weighted by molar-refractivity contribution is -0.127. The lowest BCUT2D eigenvalue weighted by Crippen LogP contribution is -2.41. The molecule has 2 aliphatic rings. The van der Waals surface area contributed by atoms with Crippen molar-refractivity contribution in [3.05, 3.63) is 24.1 Å². The van der Waals surface area contributed by atoms with Crippen LogP contribution in [0.15, 0.2) is 18.3 Å². The second-order valence-electron chi connectivity index (χ2n) is 6.31. The van der Waals surface area contributed by atoms with Crippen molar-refractivity contribution in [3.8, 4) is 0 Å². The Morgan fingerprint density at radius 2 is 2.16 bits per heavy atom. The third-order valence-corrected chi connectivity index (χ3v) is 4.50. The largest absolute Gasteiger partial charge is 0.379 e. The van der Waals surface area contributed by atoms with Gasteiger partial charge >= 0.3 is 0 Å². The van der Waals surface area contributed by atoms with Gasteiger partial charge in [-0.05, 0) is 25.0 Å². The van der Waals surface area contributed by atoms with Crippen LogP contribution < -0.4 is 5.32 Å². The van der Waals surface area contributed by atoms with Crippen molar-refractivity contribution in [2.24, 2.45) is 0 Å². The highest BCUT2D eigenvalue weighted by molar-refractivity contribution is 5.93. The van der Waals surface area contributed by atoms with E-state index in [0.717, 1.165) is 39.3 Å². The molecule has 1 N–H and O–H groups in total. The highest BCUT2D eigenvalue weighted by Crippen LogP contribution is 2.22. The molecule has 1 amide bonds. The summed E-state index contributed by atoms with van der Waals surface area (Å²) < 4.78 is 25.7. The van der Waals surface area contributed by atoms with E-state index in [-0.39, 0.29) is 18.0 Å². The van der Waals surface area contributed by atoms with Crippen LogP contribution >= 0.6 is 0 Å². The molecule has 2 atom stereocenters. The lowest BCUT2D eigenvalue weighted by atomic mass is 10.2. The quantitative estimate of drug-likeness (QED) is 0.875. The second kappa shape index (κ2) is 7.03. The molecule has 8 nitrogen and oxygen atoms in total. The van der Waals surface area contributed by atoms with Crippen LogP contribution in [0.5, 0.6) is 0 Å². The second-order valence-corrected chi connectivity index (χ2v) is 6.31. The molecule has 0 spiro atoms. The third-order valence-electron chi connectivity index (χ3n) is 4.50. The first-order valence-corrected chi connectivity index (χ1v) is 8.46. The van der Waals surface area contributed by atoms with Crippen LogP contribution in [0.2, 0.25) is 0 Å². The summed E-state index contributed by atoms with van der Waals surface area (Å²) in [7, 11) is 0. The van der Waals surface area contributed by atoms with Crippen molar-refractivity contribution >= 4 is 17.5 Å². The van der Waals surface area contributed by atoms with Gasteiger partial charge in [0.1, 0.15) is 11.9 Å². The molecule has 25 heavy (non-hydrogen) atoms. The fraction of sp³-hybridized carbons (Fsp3) is 0.562. The fourth-order valence-corrected chi connectivity index (χ4v) is 3.21. The molecule has 0 saturated carbocycles. The minimum atomic E-state index is -0.505. The van der Waals surface area contributed by atoms with Crippen LogP contribution in [0.4, 0.5) is 10.3 Å². The van der Waals surface area contributed by atoms with Gasteiger partial charge in [-0.3, -0.25) is 15.0 Å². The highest BCUT2D eigenvalue weighted by atomic mass is 19.1. The Balaban J connectivity index is 1.33. The maximum absolute atomic E-state index is 13.2. The zero-order valence-corrected chi connectivity index (χ0v) is 13.7. The summed E-state index contributed by atoms with van der Waals surface area (Å²) in [6.07, 6.45) is 2.27. The Hall–Kier alpha value is -2.10. The van der Waals surface area contributed by atoms with Gasteiger partial charge < -0.3 is 9.47 Å². The molecule has 9 heteroatoms. The zero-order chi connectivity index (χ0) is 17.2. The van der Waals surface area contributed by atoms with E-state index >= 15 is 0 Å². The number of fused-ring (bicyclic) bond motifs is 1. The maximum Gasteiger partial charge on any atom is 0.255 e. The number of pyridine rings is 1. The fourth-order valence-electron chi connectivity index (χ4n) is 3.21. The molecular weight excluding hydrogens is 329 g/mol. The number of amides is 1. The zero-order valence-electron chi connectivity index (χ0n) is 13.7. The van der Waals surface area contributed by atoms with Gasteiger partial charge in [0.05, 0.1) is 25.5 Å². The summed E-state index contributed by atoms with van der Waals surface area (Å²) in [5.74, 6) is -0.531. The number of rotatable bonds is 4. The standard InChI is InChI=1S/C16H20FN5O3/c17-11-1-4-14-18-16(20-22(14)9-11)19-15(23)13-3-2-12(25-13)10-21-5-7-24-8-6-21/h1,4,9,12-13H,2-3,5-8,10H2,(H,19,20,23)/t12-,13+/m1/s1. The highest BCUT2D eigenvalue weighted by Gasteiger charge is 2.32. The Morgan fingerprint density at radius 1 is 1.32 bits per heavy atom. The summed E-state index contributed by atoms with van der Waals surface area (Å²) in [5.41, 5.74) is 0.467. The number of carbonyl (C=O) groups is 1. The summed E-state index contributed by atoms with van der Waals surface area (Å²) in [4.78, 5) is 18.8. The van der Waals surface area contributed by atoms with Gasteiger partial charge in [-0.2, -0.15) is 4.98 Å². The van der Waals surface area contributed by atoms with Crippen LogP contribution in [-0.4, -0.2) is 70.5 Å². The number of morpholine rings is 1. The molecule has 4 heterocycles. The maximum atomic E-state index is 13.2. The first-order valence-electron chi connectivity index (χ1n) is 8.46. The molecule has 0 unspecified atom stereocenters. The first-order chi connectivity index (χ1) is 12.2. The number of anilines is 1. The lowest BCUT2D eigenvalue weighted by Gasteiger charge is -2.28. The first kappa shape index (κ1) is 16.4. The van der Waals surface area contributed by atoms with Gasteiger partial charge in [-0.25, -0.2) is 8.91 Å². The molecule has 2 aliphatic heterocycles. The van der Waals surface area contributed by atoms with Crippen LogP contribution in [0, 0.1) is 5.82 Å². The van der Waals surface area contributed by atoms with Crippen molar-refractivity contribution in [2.45, 2.75) is 25.0 Å². The molecule has 4 rings (SSSR count). The molecule has 2 saturated heterocycles. The molecular formula is C16H20FN5O3. The van der Waals surface area contributed by atoms with Crippen LogP contribution in [-0.2, 0) is 14.3 Å². The number of nitrogens with zero attached hydrogens (tertiary/aromatic N) is 4. The smallest absolute Gasteiger partial charge is 0.255 e. The Bertz CT molecular complexity index is 761. The summed E-state index contributed by atoms with van der Waals surface area (Å²) >= 11 is 0. The monoisotopic (exact) mass is 349 g/mol. The summed E-state index contributed by atoms with van der Waals surface area (Å²) in [5, 5.41) is 6.71. The average molecular weight is 349 g/mol. The van der Waals surface area contributed by atoms with Gasteiger partial charge in [-0.15, -0.1) is 5.10 Å². The number of ether oxygens (including phenoxy) is 2. The number of nitrogens with one attached hydrogen (secondary N) is 1. The van der Waals surface area contributed by atoms with E-state index in [1.807, 2.05) is 0 Å². The van der Waals surface area contributed by atoms with E-state index in [9.17, 15) is 9.18 Å². The molecule has 0 aromatic carbocycles. The van der Waals surface area contributed by atoms with Gasteiger partial charge in [-0.1, -0.05) is 0 Å². The van der Waals surface area contributed by atoms with Crippen molar-refractivity contribution in [2.75, 3.05) is 38.2 Å². The number of halogens is 1. The molecule has 0 radical (unpaired) electrons. The topological polar surface area (TPSA) is 81.0 Å². The Labute approximate surface area is 143 Å². The Morgan fingerprint density at radius 3 is 3.00 bits per heavy atom. The minimum absolute atomic E-state index is 0.0528. The predicted octanol–water partition coefficient (Wildman–Crippen LogP) is 0.687. The van der Waals surface area contributed by atoms with E-state index in [0.29, 0.717) is 12.1 Å². The summed E-state index contributed by atoms with van der Waals surface area (Å²) in [6, 6.07) is 2.80. The van der Waals surface area contributed by atoms with E-state index in [1.165, 1.54) is 22.8 Å². The molecule has 2 aromatic heterocycles. The van der Waals surface area contributed by atoms with Gasteiger partial charge in [0, 0.05) is 19.6 Å². The van der Waals surface area contributed by atoms with E-state index in [4.69, 9.17) is 9.47 Å². The predicted molar refractivity (Wildman–Crippen MR) is 86.7 cm³/mol. The number of aromatic nitrogens is 3. The molecule has 134 valence electrons. The van der Waals surface area contributed by atoms with Crippen LogP contribution in [0.1, 0.15) is 12.8 Å². The van der Waals surface area contributed by atoms with E-state index < -0.39 is 11.9 Å². The van der Waals surface area contributed by atoms with Crippen LogP contribution in [0.3, 0.4) is 0 Å². The summed E-state index contributed by atoms with van der Waals surface area (Å²) in [6.45, 7) is 4.11. The number of hydrogen-bond acceptors (Lipinski definition) is 6. The number of hydrogen-bond donors (Lipinski definition) is 1. The number of carbonyl (C=O) groups excluding carboxylic acids is 1. The van der Waals surface area contributed by atoms with Crippen molar-refractivity contribution < 1.29 is 18.7 Å². The third kappa shape index (κ3) is 3.78. The van der Waals surface area contributed by atoms with Gasteiger partial charge in [0.2, 0.25) is 5.95 Å². The van der Waals surface area contributed by atoms with Crippen molar-refractivity contribution in [1.82, 2.24) is 19.5 Å². The van der Waals surface area contributed by atoms with Crippen molar-refractivity contribution in [1.29, 1.82) is 0 Å². The average Bonchev–Trinajstić information content (AvgIpc) is 3.22. The van der Waals surface area contributed by atoms with E-state index in [1.54, 1.807) is 0 Å². The van der Waals surface area contributed by atoms with E-state index in [2.05, 4.69) is 20.3 Å². The Kier molecular flexibility index (Phi) is 4.60. The van der Waals surface area contributed by atoms with Gasteiger partial charge in [0.25, 0.3) is 5.91 Å². The van der Waals surface area contributed by atoms with Crippen LogP contribution in [0.25, 0.3) is 5.65 Å². The molecule has 0 aliphatic carbocycles. The SMILES string of the molecule is O=C(Nc1nc2ccc(F)cn2n1)[C@@H]1CC[C@H](CN2CCOCC2)O1. The van der Waals surface area contributed by atoms with Crippen molar-refractivity contribution in [3.63, 3.8) is 0 Å². The van der Waals surface area contributed by atoms with Gasteiger partial charge in [0.15, 0.2) is 5.65 Å². The normalized spacial score (nSPS) is 24.7. The molecule has 2 aromatic rings. The molecule has 2 fully saturated rings. The molecule has 0 bridgehead atoms.